The number of hydrogen-bond donors (Lipinski definition) is 2. The van der Waals surface area contributed by atoms with Gasteiger partial charge in [0.1, 0.15) is 5.76 Å². The van der Waals surface area contributed by atoms with Crippen LogP contribution in [0.15, 0.2) is 42.2 Å². The normalized spacial score (nSPS) is 16.4. The van der Waals surface area contributed by atoms with E-state index in [4.69, 9.17) is 16.9 Å². The molecule has 2 rings (SSSR count). The predicted molar refractivity (Wildman–Crippen MR) is 108 cm³/mol. The second kappa shape index (κ2) is 11.3. The minimum Gasteiger partial charge on any atom is -0.435 e. The maximum Gasteiger partial charge on any atom is 0.387 e. The van der Waals surface area contributed by atoms with Crippen LogP contribution in [0.25, 0.3) is 0 Å². The topological polar surface area (TPSA) is 91.2 Å². The Morgan fingerprint density at radius 2 is 2.17 bits per heavy atom. The first-order chi connectivity index (χ1) is 14.3. The van der Waals surface area contributed by atoms with Gasteiger partial charge in [-0.2, -0.15) is 14.0 Å². The van der Waals surface area contributed by atoms with E-state index in [1.165, 1.54) is 30.4 Å². The zero-order valence-electron chi connectivity index (χ0n) is 16.3. The molecule has 1 aliphatic rings. The number of allylic oxidation sites excluding steroid dienone is 1. The fourth-order valence-corrected chi connectivity index (χ4v) is 3.15. The maximum atomic E-state index is 12.5. The Morgan fingerprint density at radius 1 is 1.40 bits per heavy atom. The number of alkyl halides is 2. The van der Waals surface area contributed by atoms with Gasteiger partial charge in [0.2, 0.25) is 5.91 Å². The van der Waals surface area contributed by atoms with Crippen LogP contribution in [-0.2, 0) is 9.53 Å². The molecule has 160 valence electrons. The van der Waals surface area contributed by atoms with Crippen LogP contribution in [0.2, 0.25) is 5.02 Å². The smallest absolute Gasteiger partial charge is 0.387 e. The van der Waals surface area contributed by atoms with E-state index in [1.807, 2.05) is 13.0 Å². The molecule has 0 radical (unpaired) electrons. The molecule has 1 aromatic rings. The molecule has 0 spiro atoms. The molecule has 0 saturated carbocycles. The van der Waals surface area contributed by atoms with Crippen molar-refractivity contribution in [1.29, 1.82) is 5.26 Å². The fourth-order valence-electron chi connectivity index (χ4n) is 2.98. The van der Waals surface area contributed by atoms with Gasteiger partial charge in [0.25, 0.3) is 5.91 Å². The highest BCUT2D eigenvalue weighted by atomic mass is 35.5. The van der Waals surface area contributed by atoms with Crippen molar-refractivity contribution in [1.82, 2.24) is 10.6 Å². The number of benzene rings is 1. The third-order valence-corrected chi connectivity index (χ3v) is 4.84. The highest BCUT2D eigenvalue weighted by Crippen LogP contribution is 2.17. The van der Waals surface area contributed by atoms with Crippen molar-refractivity contribution in [3.8, 4) is 6.07 Å². The molecule has 6 nitrogen and oxygen atoms in total. The summed E-state index contributed by atoms with van der Waals surface area (Å²) in [6, 6.07) is 6.07. The van der Waals surface area contributed by atoms with E-state index >= 15 is 0 Å². The monoisotopic (exact) mass is 437 g/mol. The summed E-state index contributed by atoms with van der Waals surface area (Å²) in [5.74, 6) is -0.885. The van der Waals surface area contributed by atoms with E-state index in [2.05, 4.69) is 15.4 Å². The summed E-state index contributed by atoms with van der Waals surface area (Å²) in [7, 11) is 0. The van der Waals surface area contributed by atoms with Crippen LogP contribution in [0.1, 0.15) is 42.1 Å². The number of carbonyl (C=O) groups is 2. The zero-order valence-corrected chi connectivity index (χ0v) is 17.1. The molecule has 0 aliphatic heterocycles. The lowest BCUT2D eigenvalue weighted by Gasteiger charge is -2.21. The molecule has 1 aromatic carbocycles. The molecular weight excluding hydrogens is 416 g/mol. The van der Waals surface area contributed by atoms with Crippen molar-refractivity contribution in [2.45, 2.75) is 38.8 Å². The first kappa shape index (κ1) is 23.4. The summed E-state index contributed by atoms with van der Waals surface area (Å²) >= 11 is 5.90. The van der Waals surface area contributed by atoms with Crippen molar-refractivity contribution < 1.29 is 23.1 Å². The van der Waals surface area contributed by atoms with Crippen molar-refractivity contribution in [3.63, 3.8) is 0 Å². The van der Waals surface area contributed by atoms with Gasteiger partial charge in [0.05, 0.1) is 23.2 Å². The number of hydrogen-bond acceptors (Lipinski definition) is 4. The molecule has 9 heteroatoms. The summed E-state index contributed by atoms with van der Waals surface area (Å²) < 4.78 is 28.7. The van der Waals surface area contributed by atoms with Crippen molar-refractivity contribution in [2.24, 2.45) is 5.92 Å². The third kappa shape index (κ3) is 6.85. The Kier molecular flexibility index (Phi) is 8.81. The largest absolute Gasteiger partial charge is 0.435 e. The quantitative estimate of drug-likeness (QED) is 0.612. The zero-order chi connectivity index (χ0) is 22.1. The van der Waals surface area contributed by atoms with Gasteiger partial charge in [0, 0.05) is 17.5 Å². The van der Waals surface area contributed by atoms with Gasteiger partial charge in [0.15, 0.2) is 0 Å². The van der Waals surface area contributed by atoms with E-state index in [0.717, 1.165) is 0 Å². The van der Waals surface area contributed by atoms with Crippen LogP contribution in [0, 0.1) is 17.2 Å². The van der Waals surface area contributed by atoms with Crippen LogP contribution < -0.4 is 10.6 Å². The van der Waals surface area contributed by atoms with Gasteiger partial charge >= 0.3 is 6.61 Å². The number of rotatable bonds is 9. The molecule has 30 heavy (non-hydrogen) atoms. The molecule has 0 bridgehead atoms. The lowest BCUT2D eigenvalue weighted by Crippen LogP contribution is -2.39. The second-order valence-electron chi connectivity index (χ2n) is 6.65. The maximum absolute atomic E-state index is 12.5. The van der Waals surface area contributed by atoms with Crippen LogP contribution in [0.3, 0.4) is 0 Å². The molecule has 2 amide bonds. The Balaban J connectivity index is 1.83. The molecule has 2 atom stereocenters. The molecular formula is C21H22ClF2N3O3. The minimum atomic E-state index is -2.89. The molecule has 0 fully saturated rings. The minimum absolute atomic E-state index is 0.0722. The predicted octanol–water partition coefficient (Wildman–Crippen LogP) is 3.93. The number of amides is 2. The van der Waals surface area contributed by atoms with Gasteiger partial charge in [-0.05, 0) is 49.6 Å². The van der Waals surface area contributed by atoms with E-state index < -0.39 is 12.5 Å². The average molecular weight is 438 g/mol. The third-order valence-electron chi connectivity index (χ3n) is 4.61. The first-order valence-electron chi connectivity index (χ1n) is 9.45. The summed E-state index contributed by atoms with van der Waals surface area (Å²) in [6.07, 6.45) is 5.82. The lowest BCUT2D eigenvalue weighted by atomic mass is 9.99. The summed E-state index contributed by atoms with van der Waals surface area (Å²) in [6.45, 7) is -0.778. The van der Waals surface area contributed by atoms with Gasteiger partial charge in [-0.15, -0.1) is 0 Å². The molecule has 1 aliphatic carbocycles. The number of nitrogens with zero attached hydrogens (tertiary/aromatic N) is 1. The number of carbonyl (C=O) groups excluding carboxylic acids is 2. The van der Waals surface area contributed by atoms with Crippen LogP contribution in [-0.4, -0.2) is 31.0 Å². The van der Waals surface area contributed by atoms with Crippen molar-refractivity contribution >= 4 is 23.4 Å². The number of nitriles is 1. The van der Waals surface area contributed by atoms with Gasteiger partial charge in [-0.1, -0.05) is 24.6 Å². The van der Waals surface area contributed by atoms with E-state index in [9.17, 15) is 18.4 Å². The summed E-state index contributed by atoms with van der Waals surface area (Å²) in [4.78, 5) is 24.8. The highest BCUT2D eigenvalue weighted by Gasteiger charge is 2.21. The average Bonchev–Trinajstić information content (AvgIpc) is 2.72. The van der Waals surface area contributed by atoms with E-state index in [0.29, 0.717) is 24.3 Å². The Hall–Kier alpha value is -2.92. The summed E-state index contributed by atoms with van der Waals surface area (Å²) in [5, 5.41) is 15.0. The van der Waals surface area contributed by atoms with Crippen LogP contribution in [0.5, 0.6) is 0 Å². The van der Waals surface area contributed by atoms with Crippen molar-refractivity contribution in [3.05, 3.63) is 58.3 Å². The Bertz CT molecular complexity index is 881. The Morgan fingerprint density at radius 3 is 2.77 bits per heavy atom. The van der Waals surface area contributed by atoms with Crippen LogP contribution >= 0.6 is 11.6 Å². The van der Waals surface area contributed by atoms with Gasteiger partial charge in [-0.25, -0.2) is 0 Å². The second-order valence-corrected chi connectivity index (χ2v) is 7.08. The molecule has 2 N–H and O–H groups in total. The van der Waals surface area contributed by atoms with Crippen LogP contribution in [0.4, 0.5) is 8.78 Å². The SMILES string of the molecule is CCC(CCNC(=O)c1cc(Cl)ccc1C#N)C(=O)NC1C=CC(OC(F)F)=CC1. The lowest BCUT2D eigenvalue weighted by molar-refractivity contribution is -0.125. The highest BCUT2D eigenvalue weighted by molar-refractivity contribution is 6.31. The number of nitrogens with one attached hydrogen (secondary N) is 2. The van der Waals surface area contributed by atoms with Gasteiger partial charge in [-0.3, -0.25) is 9.59 Å². The number of ether oxygens (including phenoxy) is 1. The van der Waals surface area contributed by atoms with Gasteiger partial charge < -0.3 is 15.4 Å². The molecule has 0 aromatic heterocycles. The molecule has 0 saturated heterocycles. The standard InChI is InChI=1S/C21H22ClF2N3O3/c1-2-13(19(28)27-16-5-7-17(8-6-16)30-21(23)24)9-10-26-20(29)18-11-15(22)4-3-14(18)12-25/h3-5,7-8,11,13,16,21H,2,6,9-10H2,1H3,(H,26,29)(H,27,28). The van der Waals surface area contributed by atoms with E-state index in [1.54, 1.807) is 6.08 Å². The van der Waals surface area contributed by atoms with E-state index in [-0.39, 0.29) is 41.3 Å². The summed E-state index contributed by atoms with van der Waals surface area (Å²) in [5.41, 5.74) is 0.400. The Labute approximate surface area is 178 Å². The van der Waals surface area contributed by atoms with Crippen molar-refractivity contribution in [2.75, 3.05) is 6.54 Å². The molecule has 2 unspecified atom stereocenters. The molecule has 0 heterocycles. The number of halogens is 3. The fraction of sp³-hybridized carbons (Fsp3) is 0.381. The first-order valence-corrected chi connectivity index (χ1v) is 9.83.